The molecule has 1 nitrogen and oxygen atoms in total. The van der Waals surface area contributed by atoms with Gasteiger partial charge in [-0.1, -0.05) is 0 Å². The van der Waals surface area contributed by atoms with Crippen LogP contribution in [0.4, 0.5) is 5.69 Å². The van der Waals surface area contributed by atoms with Crippen molar-refractivity contribution >= 4 is 25.3 Å². The number of unbranched alkanes of at least 4 members (excludes halogenated alkanes) is 1. The second-order valence-corrected chi connectivity index (χ2v) is 9.76. The number of aliphatic imine (C=N–C) groups is 1. The Morgan fingerprint density at radius 1 is 0.960 bits per heavy atom. The van der Waals surface area contributed by atoms with Crippen molar-refractivity contribution in [2.75, 3.05) is 0 Å². The molecule has 0 bridgehead atoms. The van der Waals surface area contributed by atoms with E-state index in [1.165, 1.54) is 61.9 Å². The minimum atomic E-state index is -0.00334. The van der Waals surface area contributed by atoms with Crippen molar-refractivity contribution in [2.45, 2.75) is 73.6 Å². The van der Waals surface area contributed by atoms with Crippen LogP contribution in [0.25, 0.3) is 0 Å². The second kappa shape index (κ2) is 8.06. The van der Waals surface area contributed by atoms with Crippen LogP contribution in [0, 0.1) is 19.3 Å². The van der Waals surface area contributed by atoms with E-state index in [-0.39, 0.29) is 5.41 Å². The summed E-state index contributed by atoms with van der Waals surface area (Å²) in [5, 5.41) is 1.28. The van der Waals surface area contributed by atoms with Gasteiger partial charge in [0.1, 0.15) is 0 Å². The quantitative estimate of drug-likeness (QED) is 0.277. The van der Waals surface area contributed by atoms with Gasteiger partial charge in [0.2, 0.25) is 0 Å². The summed E-state index contributed by atoms with van der Waals surface area (Å²) in [6, 6.07) is 6.50. The zero-order valence-electron chi connectivity index (χ0n) is 17.2. The van der Waals surface area contributed by atoms with Crippen LogP contribution in [0.1, 0.15) is 65.5 Å². The Balaban J connectivity index is 2.60. The zero-order valence-corrected chi connectivity index (χ0v) is 18.9. The number of hydrogen-bond donors (Lipinski definition) is 0. The minimum absolute atomic E-state index is 0.00334. The van der Waals surface area contributed by atoms with E-state index in [2.05, 4.69) is 73.6 Å². The van der Waals surface area contributed by atoms with Gasteiger partial charge in [-0.15, -0.1) is 0 Å². The van der Waals surface area contributed by atoms with Crippen LogP contribution in [0.15, 0.2) is 45.5 Å². The molecule has 1 aliphatic carbocycles. The molecule has 0 saturated carbocycles. The van der Waals surface area contributed by atoms with E-state index in [0.717, 1.165) is 0 Å². The van der Waals surface area contributed by atoms with Gasteiger partial charge in [-0.25, -0.2) is 0 Å². The molecule has 0 unspecified atom stereocenters. The van der Waals surface area contributed by atoms with Gasteiger partial charge in [0, 0.05) is 0 Å². The first-order chi connectivity index (χ1) is 11.7. The van der Waals surface area contributed by atoms with Crippen LogP contribution < -0.4 is 0 Å². The van der Waals surface area contributed by atoms with Crippen LogP contribution in [0.2, 0.25) is 5.32 Å². The third kappa shape index (κ3) is 3.71. The van der Waals surface area contributed by atoms with Crippen molar-refractivity contribution < 1.29 is 0 Å². The summed E-state index contributed by atoms with van der Waals surface area (Å²) < 4.78 is 1.40. The fourth-order valence-corrected chi connectivity index (χ4v) is 6.49. The molecular weight excluding hydrogens is 369 g/mol. The van der Waals surface area contributed by atoms with Gasteiger partial charge in [-0.3, -0.25) is 0 Å². The van der Waals surface area contributed by atoms with Gasteiger partial charge < -0.3 is 0 Å². The number of nitrogens with zero attached hydrogens (tertiary/aromatic N) is 1. The van der Waals surface area contributed by atoms with Gasteiger partial charge in [0.15, 0.2) is 0 Å². The van der Waals surface area contributed by atoms with E-state index in [9.17, 15) is 0 Å². The van der Waals surface area contributed by atoms with Crippen molar-refractivity contribution in [2.24, 2.45) is 10.4 Å². The summed E-state index contributed by atoms with van der Waals surface area (Å²) in [5.74, 6) is 0. The average Bonchev–Trinajstić information content (AvgIpc) is 2.73. The van der Waals surface area contributed by atoms with E-state index < -0.39 is 0 Å². The van der Waals surface area contributed by atoms with Gasteiger partial charge in [0.25, 0.3) is 0 Å². The molecule has 136 valence electrons. The molecule has 0 radical (unpaired) electrons. The van der Waals surface area contributed by atoms with E-state index in [1.54, 1.807) is 0 Å². The molecule has 0 aromatic heterocycles. The predicted octanol–water partition coefficient (Wildman–Crippen LogP) is 6.95. The topological polar surface area (TPSA) is 12.4 Å². The van der Waals surface area contributed by atoms with Crippen molar-refractivity contribution in [3.8, 4) is 0 Å². The Hall–Kier alpha value is -1.11. The van der Waals surface area contributed by atoms with Crippen molar-refractivity contribution in [3.05, 3.63) is 51.6 Å². The summed E-state index contributed by atoms with van der Waals surface area (Å²) in [7, 11) is 0. The zero-order chi connectivity index (χ0) is 18.8. The normalized spacial score (nSPS) is 17.7. The van der Waals surface area contributed by atoms with E-state index in [1.807, 2.05) is 0 Å². The Labute approximate surface area is 160 Å². The van der Waals surface area contributed by atoms with Crippen molar-refractivity contribution in [3.63, 3.8) is 0 Å². The number of benzene rings is 1. The Kier molecular flexibility index (Phi) is 6.51. The molecule has 2 rings (SSSR count). The fourth-order valence-electron chi connectivity index (χ4n) is 3.60. The number of aryl methyl sites for hydroxylation is 2. The molecular formula is C23H33NSe. The standard InChI is InChI=1S/C23H33NSe/c1-9-10-14-25-22(24-21-15(2)12-11-13-16(21)3)23(8)19(6)17(4)18(5)20(23)7/h11-13H,9-10,14H2,1-8H3. The molecule has 1 aromatic rings. The van der Waals surface area contributed by atoms with Crippen LogP contribution in [0.3, 0.4) is 0 Å². The van der Waals surface area contributed by atoms with Crippen LogP contribution >= 0.6 is 0 Å². The Bertz CT molecular complexity index is 705. The first-order valence-electron chi connectivity index (χ1n) is 9.39. The number of allylic oxidation sites excluding steroid dienone is 4. The van der Waals surface area contributed by atoms with Gasteiger partial charge in [-0.2, -0.15) is 0 Å². The number of hydrogen-bond acceptors (Lipinski definition) is 1. The molecule has 0 heterocycles. The second-order valence-electron chi connectivity index (χ2n) is 7.48. The van der Waals surface area contributed by atoms with Gasteiger partial charge in [0.05, 0.1) is 0 Å². The molecule has 0 amide bonds. The third-order valence-corrected chi connectivity index (χ3v) is 8.66. The molecule has 0 aliphatic heterocycles. The summed E-state index contributed by atoms with van der Waals surface area (Å²) in [6.45, 7) is 18.2. The summed E-state index contributed by atoms with van der Waals surface area (Å²) in [5.41, 5.74) is 9.64. The fraction of sp³-hybridized carbons (Fsp3) is 0.522. The molecule has 0 N–H and O–H groups in total. The molecule has 0 fully saturated rings. The summed E-state index contributed by atoms with van der Waals surface area (Å²) in [6.07, 6.45) is 2.56. The average molecular weight is 402 g/mol. The van der Waals surface area contributed by atoms with E-state index in [0.29, 0.717) is 15.0 Å². The SMILES string of the molecule is CCCC[Se]C(=Nc1c(C)cccc1C)C1(C)C(C)=C(C)C(C)=C1C. The van der Waals surface area contributed by atoms with E-state index in [4.69, 9.17) is 4.99 Å². The maximum absolute atomic E-state index is 5.33. The van der Waals surface area contributed by atoms with Gasteiger partial charge >= 0.3 is 161 Å². The third-order valence-electron chi connectivity index (χ3n) is 6.00. The monoisotopic (exact) mass is 403 g/mol. The molecule has 0 atom stereocenters. The number of rotatable bonds is 6. The van der Waals surface area contributed by atoms with Crippen LogP contribution in [-0.4, -0.2) is 19.6 Å². The Morgan fingerprint density at radius 3 is 1.96 bits per heavy atom. The van der Waals surface area contributed by atoms with E-state index >= 15 is 0 Å². The number of para-hydroxylation sites is 1. The predicted molar refractivity (Wildman–Crippen MR) is 113 cm³/mol. The molecule has 2 heteroatoms. The van der Waals surface area contributed by atoms with Crippen molar-refractivity contribution in [1.29, 1.82) is 0 Å². The Morgan fingerprint density at radius 2 is 1.48 bits per heavy atom. The van der Waals surface area contributed by atoms with Crippen LogP contribution in [0.5, 0.6) is 0 Å². The molecule has 0 saturated heterocycles. The van der Waals surface area contributed by atoms with Crippen LogP contribution in [-0.2, 0) is 0 Å². The molecule has 25 heavy (non-hydrogen) atoms. The first kappa shape index (κ1) is 20.2. The first-order valence-corrected chi connectivity index (χ1v) is 11.5. The van der Waals surface area contributed by atoms with Crippen molar-refractivity contribution in [1.82, 2.24) is 0 Å². The summed E-state index contributed by atoms with van der Waals surface area (Å²) in [4.78, 5) is 5.33. The molecule has 1 aliphatic rings. The molecule has 1 aromatic carbocycles. The maximum atomic E-state index is 5.33. The molecule has 0 spiro atoms. The summed E-state index contributed by atoms with van der Waals surface area (Å²) >= 11 is 0.424. The van der Waals surface area contributed by atoms with Gasteiger partial charge in [-0.05, 0) is 0 Å².